The highest BCUT2D eigenvalue weighted by Gasteiger charge is 2.25. The number of non-ortho nitro benzene ring substituents is 1. The molecule has 0 aromatic heterocycles. The second kappa shape index (κ2) is 9.62. The summed E-state index contributed by atoms with van der Waals surface area (Å²) in [7, 11) is 0. The van der Waals surface area contributed by atoms with Crippen LogP contribution in [0.15, 0.2) is 35.2 Å². The molecule has 0 spiro atoms. The van der Waals surface area contributed by atoms with E-state index in [4.69, 9.17) is 0 Å². The van der Waals surface area contributed by atoms with E-state index >= 15 is 0 Å². The molecule has 1 aromatic rings. The standard InChI is InChI=1S/C17H20N2O4S2/c20-14-10-15(12-5-4-6-13(9-12)19(22)23)18-17(21)16(11-14)25-8-3-1-2-7-24/h4-6,9,11,15,24H,1-3,7-8,10H2,(H,18,21). The fourth-order valence-electron chi connectivity index (χ4n) is 2.49. The minimum atomic E-state index is -0.557. The van der Waals surface area contributed by atoms with Gasteiger partial charge in [-0.05, 0) is 29.9 Å². The minimum absolute atomic E-state index is 0.0600. The third kappa shape index (κ3) is 5.89. The summed E-state index contributed by atoms with van der Waals surface area (Å²) in [6, 6.07) is 5.46. The number of amides is 1. The van der Waals surface area contributed by atoms with E-state index in [0.717, 1.165) is 30.8 Å². The van der Waals surface area contributed by atoms with E-state index in [1.807, 2.05) is 0 Å². The van der Waals surface area contributed by atoms with Gasteiger partial charge in [-0.2, -0.15) is 12.6 Å². The molecule has 1 unspecified atom stereocenters. The number of ketones is 1. The Morgan fingerprint density at radius 1 is 1.28 bits per heavy atom. The van der Waals surface area contributed by atoms with Gasteiger partial charge in [0.25, 0.3) is 11.6 Å². The van der Waals surface area contributed by atoms with Crippen molar-refractivity contribution in [3.63, 3.8) is 0 Å². The Hall–Kier alpha value is -1.80. The highest BCUT2D eigenvalue weighted by atomic mass is 32.2. The second-order valence-corrected chi connectivity index (χ2v) is 7.27. The molecule has 8 heteroatoms. The van der Waals surface area contributed by atoms with Gasteiger partial charge in [0.15, 0.2) is 5.78 Å². The van der Waals surface area contributed by atoms with Crippen LogP contribution in [0.25, 0.3) is 0 Å². The third-order valence-corrected chi connectivity index (χ3v) is 5.19. The summed E-state index contributed by atoms with van der Waals surface area (Å²) in [5.74, 6) is 1.15. The van der Waals surface area contributed by atoms with Crippen LogP contribution in [0.1, 0.15) is 37.3 Å². The van der Waals surface area contributed by atoms with Crippen molar-refractivity contribution in [3.8, 4) is 0 Å². The van der Waals surface area contributed by atoms with Crippen molar-refractivity contribution in [1.29, 1.82) is 0 Å². The molecule has 2 rings (SSSR count). The molecule has 1 atom stereocenters. The first-order valence-electron chi connectivity index (χ1n) is 8.04. The number of nitro groups is 1. The number of allylic oxidation sites excluding steroid dienone is 1. The van der Waals surface area contributed by atoms with Gasteiger partial charge in [0.2, 0.25) is 0 Å². The SMILES string of the molecule is O=C1C=C(SCCCCCS)C(=O)NC(c2cccc([N+](=O)[O-])c2)C1. The maximum atomic E-state index is 12.4. The Kier molecular flexibility index (Phi) is 7.52. The fraction of sp³-hybridized carbons (Fsp3) is 0.412. The number of nitrogens with zero attached hydrogens (tertiary/aromatic N) is 1. The molecular weight excluding hydrogens is 360 g/mol. The van der Waals surface area contributed by atoms with E-state index < -0.39 is 11.0 Å². The molecule has 0 saturated heterocycles. The van der Waals surface area contributed by atoms with Gasteiger partial charge >= 0.3 is 0 Å². The van der Waals surface area contributed by atoms with Crippen molar-refractivity contribution < 1.29 is 14.5 Å². The van der Waals surface area contributed by atoms with Gasteiger partial charge in [0.05, 0.1) is 15.9 Å². The van der Waals surface area contributed by atoms with Crippen LogP contribution in [0.4, 0.5) is 5.69 Å². The second-order valence-electron chi connectivity index (χ2n) is 5.69. The largest absolute Gasteiger partial charge is 0.344 e. The molecule has 1 aliphatic heterocycles. The lowest BCUT2D eigenvalue weighted by Gasteiger charge is -2.16. The number of nitro benzene ring substituents is 1. The van der Waals surface area contributed by atoms with Gasteiger partial charge < -0.3 is 5.32 Å². The molecule has 134 valence electrons. The first kappa shape index (κ1) is 19.5. The number of hydrogen-bond acceptors (Lipinski definition) is 6. The van der Waals surface area contributed by atoms with Crippen LogP contribution in [0, 0.1) is 10.1 Å². The van der Waals surface area contributed by atoms with Crippen LogP contribution in [-0.4, -0.2) is 28.1 Å². The van der Waals surface area contributed by atoms with E-state index in [-0.39, 0.29) is 23.8 Å². The van der Waals surface area contributed by atoms with Crippen molar-refractivity contribution in [2.75, 3.05) is 11.5 Å². The Balaban J connectivity index is 2.03. The number of thiol groups is 1. The first-order chi connectivity index (χ1) is 12.0. The summed E-state index contributed by atoms with van der Waals surface area (Å²) in [4.78, 5) is 35.4. The summed E-state index contributed by atoms with van der Waals surface area (Å²) >= 11 is 5.53. The highest BCUT2D eigenvalue weighted by molar-refractivity contribution is 8.04. The van der Waals surface area contributed by atoms with Crippen molar-refractivity contribution in [2.45, 2.75) is 31.7 Å². The molecule has 25 heavy (non-hydrogen) atoms. The van der Waals surface area contributed by atoms with Gasteiger partial charge in [0.1, 0.15) is 0 Å². The first-order valence-corrected chi connectivity index (χ1v) is 9.66. The molecular formula is C17H20N2O4S2. The number of carbonyl (C=O) groups excluding carboxylic acids is 2. The lowest BCUT2D eigenvalue weighted by Crippen LogP contribution is -2.28. The van der Waals surface area contributed by atoms with Crippen LogP contribution < -0.4 is 5.32 Å². The lowest BCUT2D eigenvalue weighted by molar-refractivity contribution is -0.384. The number of benzene rings is 1. The molecule has 1 aromatic carbocycles. The Morgan fingerprint density at radius 2 is 2.08 bits per heavy atom. The average molecular weight is 380 g/mol. The van der Waals surface area contributed by atoms with Gasteiger partial charge in [-0.1, -0.05) is 18.6 Å². The zero-order valence-electron chi connectivity index (χ0n) is 13.6. The minimum Gasteiger partial charge on any atom is -0.344 e. The summed E-state index contributed by atoms with van der Waals surface area (Å²) in [5, 5.41) is 13.7. The van der Waals surface area contributed by atoms with E-state index in [2.05, 4.69) is 17.9 Å². The van der Waals surface area contributed by atoms with Crippen LogP contribution in [0.3, 0.4) is 0 Å². The zero-order valence-corrected chi connectivity index (χ0v) is 15.4. The molecule has 1 amide bonds. The number of hydrogen-bond donors (Lipinski definition) is 2. The molecule has 0 radical (unpaired) electrons. The van der Waals surface area contributed by atoms with Crippen molar-refractivity contribution in [3.05, 3.63) is 50.9 Å². The molecule has 0 saturated carbocycles. The van der Waals surface area contributed by atoms with Gasteiger partial charge in [-0.3, -0.25) is 19.7 Å². The number of thioether (sulfide) groups is 1. The fourth-order valence-corrected chi connectivity index (χ4v) is 3.69. The Labute approximate surface area is 156 Å². The van der Waals surface area contributed by atoms with Gasteiger partial charge in [-0.25, -0.2) is 0 Å². The summed E-state index contributed by atoms with van der Waals surface area (Å²) in [5.41, 5.74) is 0.500. The Morgan fingerprint density at radius 3 is 2.80 bits per heavy atom. The van der Waals surface area contributed by atoms with Gasteiger partial charge in [-0.15, -0.1) is 11.8 Å². The molecule has 0 aliphatic carbocycles. The molecule has 1 aliphatic rings. The van der Waals surface area contributed by atoms with Crippen LogP contribution >= 0.6 is 24.4 Å². The van der Waals surface area contributed by atoms with Crippen LogP contribution in [0.5, 0.6) is 0 Å². The van der Waals surface area contributed by atoms with E-state index in [0.29, 0.717) is 10.5 Å². The monoisotopic (exact) mass is 380 g/mol. The third-order valence-electron chi connectivity index (χ3n) is 3.77. The number of nitrogens with one attached hydrogen (secondary N) is 1. The highest BCUT2D eigenvalue weighted by Crippen LogP contribution is 2.27. The van der Waals surface area contributed by atoms with E-state index in [1.54, 1.807) is 12.1 Å². The molecule has 1 N–H and O–H groups in total. The molecule has 0 bridgehead atoms. The Bertz CT molecular complexity index is 691. The zero-order chi connectivity index (χ0) is 18.2. The summed E-state index contributed by atoms with van der Waals surface area (Å²) < 4.78 is 0. The predicted molar refractivity (Wildman–Crippen MR) is 102 cm³/mol. The number of unbranched alkanes of at least 4 members (excludes halogenated alkanes) is 2. The predicted octanol–water partition coefficient (Wildman–Crippen LogP) is 3.44. The van der Waals surface area contributed by atoms with Crippen molar-refractivity contribution >= 4 is 41.8 Å². The number of carbonyl (C=O) groups is 2. The summed E-state index contributed by atoms with van der Waals surface area (Å²) in [6.45, 7) is 0. The van der Waals surface area contributed by atoms with Crippen molar-refractivity contribution in [2.24, 2.45) is 0 Å². The van der Waals surface area contributed by atoms with Crippen LogP contribution in [-0.2, 0) is 9.59 Å². The molecule has 0 fully saturated rings. The van der Waals surface area contributed by atoms with Crippen LogP contribution in [0.2, 0.25) is 0 Å². The quantitative estimate of drug-likeness (QED) is 0.312. The lowest BCUT2D eigenvalue weighted by atomic mass is 10.0. The molecule has 1 heterocycles. The van der Waals surface area contributed by atoms with Crippen molar-refractivity contribution in [1.82, 2.24) is 5.32 Å². The smallest absolute Gasteiger partial charge is 0.269 e. The summed E-state index contributed by atoms with van der Waals surface area (Å²) in [6.07, 6.45) is 4.50. The topological polar surface area (TPSA) is 89.3 Å². The normalized spacial score (nSPS) is 17.6. The molecule has 6 nitrogen and oxygen atoms in total. The average Bonchev–Trinajstić information content (AvgIpc) is 2.73. The maximum absolute atomic E-state index is 12.4. The van der Waals surface area contributed by atoms with Gasteiger partial charge in [0, 0.05) is 24.6 Å². The van der Waals surface area contributed by atoms with E-state index in [9.17, 15) is 19.7 Å². The number of rotatable bonds is 8. The maximum Gasteiger partial charge on any atom is 0.269 e. The van der Waals surface area contributed by atoms with E-state index in [1.165, 1.54) is 30.0 Å².